The van der Waals surface area contributed by atoms with E-state index in [0.717, 1.165) is 12.1 Å². The van der Waals surface area contributed by atoms with Crippen molar-refractivity contribution >= 4 is 11.3 Å². The van der Waals surface area contributed by atoms with E-state index < -0.39 is 0 Å². The van der Waals surface area contributed by atoms with Crippen molar-refractivity contribution in [1.82, 2.24) is 5.32 Å². The van der Waals surface area contributed by atoms with E-state index in [9.17, 15) is 5.11 Å². The second kappa shape index (κ2) is 5.14. The second-order valence-corrected chi connectivity index (χ2v) is 4.61. The third kappa shape index (κ3) is 2.84. The van der Waals surface area contributed by atoms with Crippen LogP contribution >= 0.6 is 11.3 Å². The number of thiophene rings is 1. The van der Waals surface area contributed by atoms with Crippen molar-refractivity contribution in [2.24, 2.45) is 0 Å². The van der Waals surface area contributed by atoms with E-state index in [1.165, 1.54) is 5.56 Å². The molecule has 84 valence electrons. The molecule has 2 nitrogen and oxygen atoms in total. The monoisotopic (exact) mass is 233 g/mol. The molecule has 1 aromatic heterocycles. The van der Waals surface area contributed by atoms with Crippen molar-refractivity contribution in [3.05, 3.63) is 52.2 Å². The molecule has 0 saturated carbocycles. The van der Waals surface area contributed by atoms with Gasteiger partial charge in [-0.25, -0.2) is 0 Å². The van der Waals surface area contributed by atoms with Crippen molar-refractivity contribution in [2.75, 3.05) is 0 Å². The van der Waals surface area contributed by atoms with Crippen molar-refractivity contribution in [3.8, 4) is 5.75 Å². The Morgan fingerprint density at radius 2 is 2.25 bits per heavy atom. The molecule has 0 aliphatic rings. The van der Waals surface area contributed by atoms with Gasteiger partial charge in [0.2, 0.25) is 0 Å². The Balaban J connectivity index is 1.92. The maximum absolute atomic E-state index is 9.34. The molecule has 0 spiro atoms. The Hall–Kier alpha value is -1.32. The molecular formula is C13H15NOS. The molecule has 1 unspecified atom stereocenters. The van der Waals surface area contributed by atoms with Crippen LogP contribution in [-0.4, -0.2) is 5.11 Å². The Morgan fingerprint density at radius 1 is 1.38 bits per heavy atom. The second-order valence-electron chi connectivity index (χ2n) is 3.83. The first-order valence-electron chi connectivity index (χ1n) is 5.29. The molecule has 2 rings (SSSR count). The van der Waals surface area contributed by atoms with Crippen molar-refractivity contribution in [3.63, 3.8) is 0 Å². The van der Waals surface area contributed by atoms with Crippen LogP contribution in [0.1, 0.15) is 24.1 Å². The summed E-state index contributed by atoms with van der Waals surface area (Å²) in [6.45, 7) is 2.91. The number of nitrogens with one attached hydrogen (secondary N) is 1. The van der Waals surface area contributed by atoms with Gasteiger partial charge in [0.05, 0.1) is 0 Å². The van der Waals surface area contributed by atoms with Crippen LogP contribution in [0, 0.1) is 0 Å². The van der Waals surface area contributed by atoms with Crippen LogP contribution in [0.15, 0.2) is 41.1 Å². The molecule has 16 heavy (non-hydrogen) atoms. The molecular weight excluding hydrogens is 218 g/mol. The van der Waals surface area contributed by atoms with Crippen molar-refractivity contribution in [2.45, 2.75) is 19.5 Å². The molecule has 1 atom stereocenters. The average molecular weight is 233 g/mol. The molecule has 3 heteroatoms. The van der Waals surface area contributed by atoms with Crippen LogP contribution in [0.4, 0.5) is 0 Å². The van der Waals surface area contributed by atoms with Crippen molar-refractivity contribution in [1.29, 1.82) is 0 Å². The summed E-state index contributed by atoms with van der Waals surface area (Å²) in [6.07, 6.45) is 0. The highest BCUT2D eigenvalue weighted by molar-refractivity contribution is 7.07. The van der Waals surface area contributed by atoms with E-state index in [4.69, 9.17) is 0 Å². The molecule has 0 bridgehead atoms. The van der Waals surface area contributed by atoms with Gasteiger partial charge in [-0.1, -0.05) is 12.1 Å². The molecule has 2 N–H and O–H groups in total. The zero-order valence-corrected chi connectivity index (χ0v) is 10.00. The van der Waals surface area contributed by atoms with Gasteiger partial charge < -0.3 is 10.4 Å². The summed E-state index contributed by atoms with van der Waals surface area (Å²) >= 11 is 1.71. The fraction of sp³-hybridized carbons (Fsp3) is 0.231. The van der Waals surface area contributed by atoms with Crippen LogP contribution in [0.25, 0.3) is 0 Å². The first kappa shape index (κ1) is 11.2. The van der Waals surface area contributed by atoms with Gasteiger partial charge in [0, 0.05) is 12.6 Å². The van der Waals surface area contributed by atoms with Crippen LogP contribution in [0.3, 0.4) is 0 Å². The molecule has 0 aliphatic heterocycles. The lowest BCUT2D eigenvalue weighted by Crippen LogP contribution is -2.17. The van der Waals surface area contributed by atoms with E-state index in [0.29, 0.717) is 11.8 Å². The maximum atomic E-state index is 9.34. The lowest BCUT2D eigenvalue weighted by Gasteiger charge is -2.12. The minimum Gasteiger partial charge on any atom is -0.508 e. The van der Waals surface area contributed by atoms with E-state index >= 15 is 0 Å². The third-order valence-corrected chi connectivity index (χ3v) is 3.27. The minimum absolute atomic E-state index is 0.322. The number of hydrogen-bond donors (Lipinski definition) is 2. The summed E-state index contributed by atoms with van der Waals surface area (Å²) < 4.78 is 0. The van der Waals surface area contributed by atoms with Gasteiger partial charge in [-0.3, -0.25) is 0 Å². The van der Waals surface area contributed by atoms with Crippen LogP contribution in [-0.2, 0) is 6.54 Å². The molecule has 0 amide bonds. The topological polar surface area (TPSA) is 32.3 Å². The number of hydrogen-bond acceptors (Lipinski definition) is 3. The minimum atomic E-state index is 0.322. The maximum Gasteiger partial charge on any atom is 0.115 e. The quantitative estimate of drug-likeness (QED) is 0.849. The van der Waals surface area contributed by atoms with E-state index in [1.807, 2.05) is 12.1 Å². The van der Waals surface area contributed by atoms with Gasteiger partial charge in [-0.2, -0.15) is 11.3 Å². The van der Waals surface area contributed by atoms with Crippen LogP contribution < -0.4 is 5.32 Å². The van der Waals surface area contributed by atoms with Gasteiger partial charge in [0.25, 0.3) is 0 Å². The van der Waals surface area contributed by atoms with Gasteiger partial charge in [-0.15, -0.1) is 0 Å². The highest BCUT2D eigenvalue weighted by Crippen LogP contribution is 2.17. The predicted octanol–water partition coefficient (Wildman–Crippen LogP) is 3.30. The standard InChI is InChI=1S/C13H15NOS/c1-10(12-5-6-16-9-12)14-8-11-3-2-4-13(15)7-11/h2-7,9-10,14-15H,8H2,1H3. The predicted molar refractivity (Wildman–Crippen MR) is 67.7 cm³/mol. The Morgan fingerprint density at radius 3 is 2.94 bits per heavy atom. The molecule has 2 aromatic rings. The van der Waals surface area contributed by atoms with Gasteiger partial charge in [0.1, 0.15) is 5.75 Å². The SMILES string of the molecule is CC(NCc1cccc(O)c1)c1ccsc1. The lowest BCUT2D eigenvalue weighted by molar-refractivity contribution is 0.473. The smallest absolute Gasteiger partial charge is 0.115 e. The molecule has 0 radical (unpaired) electrons. The fourth-order valence-electron chi connectivity index (χ4n) is 1.58. The summed E-state index contributed by atoms with van der Waals surface area (Å²) in [5.41, 5.74) is 2.41. The first-order chi connectivity index (χ1) is 7.75. The number of phenols is 1. The summed E-state index contributed by atoms with van der Waals surface area (Å²) in [4.78, 5) is 0. The normalized spacial score (nSPS) is 12.6. The van der Waals surface area contributed by atoms with Gasteiger partial charge in [-0.05, 0) is 47.0 Å². The van der Waals surface area contributed by atoms with Crippen LogP contribution in [0.5, 0.6) is 5.75 Å². The average Bonchev–Trinajstić information content (AvgIpc) is 2.79. The zero-order chi connectivity index (χ0) is 11.4. The molecule has 0 saturated heterocycles. The summed E-state index contributed by atoms with van der Waals surface area (Å²) in [5.74, 6) is 0.322. The molecule has 1 heterocycles. The fourth-order valence-corrected chi connectivity index (χ4v) is 2.33. The highest BCUT2D eigenvalue weighted by atomic mass is 32.1. The number of phenolic OH excluding ortho intramolecular Hbond substituents is 1. The highest BCUT2D eigenvalue weighted by Gasteiger charge is 2.04. The first-order valence-corrected chi connectivity index (χ1v) is 6.23. The zero-order valence-electron chi connectivity index (χ0n) is 9.18. The van der Waals surface area contributed by atoms with E-state index in [2.05, 4.69) is 29.1 Å². The van der Waals surface area contributed by atoms with E-state index in [-0.39, 0.29) is 0 Å². The third-order valence-electron chi connectivity index (χ3n) is 2.57. The Bertz CT molecular complexity index is 439. The van der Waals surface area contributed by atoms with Gasteiger partial charge >= 0.3 is 0 Å². The molecule has 1 aromatic carbocycles. The lowest BCUT2D eigenvalue weighted by atomic mass is 10.1. The Labute approximate surface area is 99.6 Å². The summed E-state index contributed by atoms with van der Waals surface area (Å²) in [5, 5.41) is 17.0. The van der Waals surface area contributed by atoms with Crippen molar-refractivity contribution < 1.29 is 5.11 Å². The van der Waals surface area contributed by atoms with Crippen LogP contribution in [0.2, 0.25) is 0 Å². The van der Waals surface area contributed by atoms with Gasteiger partial charge in [0.15, 0.2) is 0 Å². The largest absolute Gasteiger partial charge is 0.508 e. The molecule has 0 fully saturated rings. The number of benzene rings is 1. The summed E-state index contributed by atoms with van der Waals surface area (Å²) in [6, 6.07) is 9.81. The molecule has 0 aliphatic carbocycles. The Kier molecular flexibility index (Phi) is 3.59. The number of aromatic hydroxyl groups is 1. The van der Waals surface area contributed by atoms with E-state index in [1.54, 1.807) is 23.5 Å². The summed E-state index contributed by atoms with van der Waals surface area (Å²) in [7, 11) is 0. The number of rotatable bonds is 4.